The minimum atomic E-state index is 0.208. The molecule has 0 spiro atoms. The van der Waals surface area contributed by atoms with Crippen LogP contribution >= 0.6 is 0 Å². The zero-order valence-electron chi connectivity index (χ0n) is 8.18. The van der Waals surface area contributed by atoms with E-state index in [9.17, 15) is 0 Å². The third kappa shape index (κ3) is 7.82. The molecule has 0 bridgehead atoms. The van der Waals surface area contributed by atoms with Gasteiger partial charge in [-0.05, 0) is 18.3 Å². The Bertz CT molecular complexity index is 96.2. The molecule has 68 valence electrons. The minimum Gasteiger partial charge on any atom is -0.383 e. The highest BCUT2D eigenvalue weighted by Gasteiger charge is 2.12. The predicted octanol–water partition coefficient (Wildman–Crippen LogP) is 1.79. The summed E-state index contributed by atoms with van der Waals surface area (Å²) in [6.07, 6.45) is 2.22. The molecule has 0 heterocycles. The molecule has 0 aliphatic heterocycles. The zero-order chi connectivity index (χ0) is 8.91. The van der Waals surface area contributed by atoms with E-state index in [0.29, 0.717) is 12.0 Å². The summed E-state index contributed by atoms with van der Waals surface area (Å²) < 4.78 is 4.94. The highest BCUT2D eigenvalue weighted by Crippen LogP contribution is 2.20. The molecule has 0 radical (unpaired) electrons. The van der Waals surface area contributed by atoms with E-state index >= 15 is 0 Å². The Kier molecular flexibility index (Phi) is 4.69. The lowest BCUT2D eigenvalue weighted by molar-refractivity contribution is 0.170. The molecule has 0 aromatic rings. The smallest absolute Gasteiger partial charge is 0.0613 e. The van der Waals surface area contributed by atoms with E-state index in [2.05, 4.69) is 20.8 Å². The highest BCUT2D eigenvalue weighted by atomic mass is 16.5. The molecule has 0 saturated heterocycles. The van der Waals surface area contributed by atoms with E-state index in [-0.39, 0.29) is 6.04 Å². The van der Waals surface area contributed by atoms with Crippen LogP contribution in [0.2, 0.25) is 0 Å². The van der Waals surface area contributed by atoms with E-state index in [1.54, 1.807) is 7.11 Å². The first-order valence-electron chi connectivity index (χ1n) is 4.20. The molecule has 0 aliphatic rings. The van der Waals surface area contributed by atoms with Crippen molar-refractivity contribution in [1.29, 1.82) is 0 Å². The quantitative estimate of drug-likeness (QED) is 0.678. The summed E-state index contributed by atoms with van der Waals surface area (Å²) in [5, 5.41) is 0. The lowest BCUT2D eigenvalue weighted by Gasteiger charge is -2.20. The van der Waals surface area contributed by atoms with Crippen LogP contribution in [-0.4, -0.2) is 19.8 Å². The van der Waals surface area contributed by atoms with Crippen molar-refractivity contribution in [2.75, 3.05) is 13.7 Å². The average molecular weight is 159 g/mol. The van der Waals surface area contributed by atoms with Crippen molar-refractivity contribution in [3.05, 3.63) is 0 Å². The maximum absolute atomic E-state index is 5.77. The Labute approximate surface area is 70.1 Å². The van der Waals surface area contributed by atoms with Crippen molar-refractivity contribution in [3.63, 3.8) is 0 Å². The van der Waals surface area contributed by atoms with Crippen molar-refractivity contribution in [2.45, 2.75) is 39.7 Å². The molecule has 1 unspecified atom stereocenters. The molecule has 0 rings (SSSR count). The van der Waals surface area contributed by atoms with Gasteiger partial charge in [-0.15, -0.1) is 0 Å². The maximum Gasteiger partial charge on any atom is 0.0613 e. The van der Waals surface area contributed by atoms with Crippen molar-refractivity contribution in [2.24, 2.45) is 11.1 Å². The van der Waals surface area contributed by atoms with Gasteiger partial charge in [-0.2, -0.15) is 0 Å². The van der Waals surface area contributed by atoms with Gasteiger partial charge < -0.3 is 10.5 Å². The summed E-state index contributed by atoms with van der Waals surface area (Å²) in [6.45, 7) is 7.36. The van der Waals surface area contributed by atoms with Gasteiger partial charge in [0.15, 0.2) is 0 Å². The van der Waals surface area contributed by atoms with Crippen molar-refractivity contribution >= 4 is 0 Å². The fourth-order valence-electron chi connectivity index (χ4n) is 0.916. The van der Waals surface area contributed by atoms with Crippen molar-refractivity contribution in [3.8, 4) is 0 Å². The average Bonchev–Trinajstić information content (AvgIpc) is 1.83. The predicted molar refractivity (Wildman–Crippen MR) is 48.5 cm³/mol. The SMILES string of the molecule is COCC(N)CCC(C)(C)C. The molecule has 0 fully saturated rings. The molecular weight excluding hydrogens is 138 g/mol. The summed E-state index contributed by atoms with van der Waals surface area (Å²) in [7, 11) is 1.69. The molecule has 2 nitrogen and oxygen atoms in total. The molecule has 0 aromatic heterocycles. The fourth-order valence-corrected chi connectivity index (χ4v) is 0.916. The summed E-state index contributed by atoms with van der Waals surface area (Å²) >= 11 is 0. The molecule has 0 amide bonds. The van der Waals surface area contributed by atoms with E-state index in [1.807, 2.05) is 0 Å². The van der Waals surface area contributed by atoms with E-state index < -0.39 is 0 Å². The van der Waals surface area contributed by atoms with Gasteiger partial charge in [0.05, 0.1) is 6.61 Å². The molecule has 11 heavy (non-hydrogen) atoms. The van der Waals surface area contributed by atoms with Gasteiger partial charge in [-0.3, -0.25) is 0 Å². The number of rotatable bonds is 4. The fraction of sp³-hybridized carbons (Fsp3) is 1.00. The van der Waals surface area contributed by atoms with Crippen LogP contribution in [-0.2, 0) is 4.74 Å². The Hall–Kier alpha value is -0.0800. The standard InChI is InChI=1S/C9H21NO/c1-9(2,3)6-5-8(10)7-11-4/h8H,5-7,10H2,1-4H3. The number of hydrogen-bond acceptors (Lipinski definition) is 2. The molecule has 2 N–H and O–H groups in total. The van der Waals surface area contributed by atoms with Crippen LogP contribution in [0.1, 0.15) is 33.6 Å². The Balaban J connectivity index is 3.38. The van der Waals surface area contributed by atoms with Crippen LogP contribution in [0.3, 0.4) is 0 Å². The second-order valence-corrected chi connectivity index (χ2v) is 4.31. The summed E-state index contributed by atoms with van der Waals surface area (Å²) in [5.41, 5.74) is 6.16. The number of nitrogens with two attached hydrogens (primary N) is 1. The van der Waals surface area contributed by atoms with Crippen LogP contribution in [0.25, 0.3) is 0 Å². The van der Waals surface area contributed by atoms with Crippen LogP contribution in [0, 0.1) is 5.41 Å². The van der Waals surface area contributed by atoms with E-state index in [0.717, 1.165) is 12.8 Å². The van der Waals surface area contributed by atoms with Crippen LogP contribution < -0.4 is 5.73 Å². The van der Waals surface area contributed by atoms with Crippen LogP contribution in [0.4, 0.5) is 0 Å². The highest BCUT2D eigenvalue weighted by molar-refractivity contribution is 4.67. The molecule has 0 saturated carbocycles. The van der Waals surface area contributed by atoms with Gasteiger partial charge in [0, 0.05) is 13.2 Å². The Morgan fingerprint density at radius 2 is 1.91 bits per heavy atom. The molecule has 0 aliphatic carbocycles. The zero-order valence-corrected chi connectivity index (χ0v) is 8.18. The van der Waals surface area contributed by atoms with Gasteiger partial charge in [0.2, 0.25) is 0 Å². The summed E-state index contributed by atoms with van der Waals surface area (Å²) in [4.78, 5) is 0. The van der Waals surface area contributed by atoms with E-state index in [1.165, 1.54) is 0 Å². The minimum absolute atomic E-state index is 0.208. The van der Waals surface area contributed by atoms with Gasteiger partial charge in [0.1, 0.15) is 0 Å². The van der Waals surface area contributed by atoms with Crippen molar-refractivity contribution in [1.82, 2.24) is 0 Å². The van der Waals surface area contributed by atoms with Gasteiger partial charge >= 0.3 is 0 Å². The first-order valence-corrected chi connectivity index (χ1v) is 4.20. The van der Waals surface area contributed by atoms with Gasteiger partial charge in [-0.1, -0.05) is 20.8 Å². The normalized spacial score (nSPS) is 15.0. The summed E-state index contributed by atoms with van der Waals surface area (Å²) in [6, 6.07) is 0.208. The molecule has 1 atom stereocenters. The topological polar surface area (TPSA) is 35.2 Å². The Morgan fingerprint density at radius 1 is 1.36 bits per heavy atom. The Morgan fingerprint density at radius 3 is 2.27 bits per heavy atom. The third-order valence-electron chi connectivity index (χ3n) is 1.65. The van der Waals surface area contributed by atoms with Crippen LogP contribution in [0.5, 0.6) is 0 Å². The summed E-state index contributed by atoms with van der Waals surface area (Å²) in [5.74, 6) is 0. The number of ether oxygens (including phenoxy) is 1. The molecular formula is C9H21NO. The second kappa shape index (κ2) is 4.73. The molecule has 2 heteroatoms. The number of methoxy groups -OCH3 is 1. The second-order valence-electron chi connectivity index (χ2n) is 4.31. The van der Waals surface area contributed by atoms with Crippen molar-refractivity contribution < 1.29 is 4.74 Å². The molecule has 0 aromatic carbocycles. The maximum atomic E-state index is 5.77. The van der Waals surface area contributed by atoms with Gasteiger partial charge in [-0.25, -0.2) is 0 Å². The van der Waals surface area contributed by atoms with E-state index in [4.69, 9.17) is 10.5 Å². The number of hydrogen-bond donors (Lipinski definition) is 1. The lowest BCUT2D eigenvalue weighted by Crippen LogP contribution is -2.27. The first kappa shape index (κ1) is 10.9. The lowest BCUT2D eigenvalue weighted by atomic mass is 9.89. The first-order chi connectivity index (χ1) is 4.95. The third-order valence-corrected chi connectivity index (χ3v) is 1.65. The monoisotopic (exact) mass is 159 g/mol. The largest absolute Gasteiger partial charge is 0.383 e. The van der Waals surface area contributed by atoms with Gasteiger partial charge in [0.25, 0.3) is 0 Å². The van der Waals surface area contributed by atoms with Crippen LogP contribution in [0.15, 0.2) is 0 Å².